The van der Waals surface area contributed by atoms with Gasteiger partial charge in [0, 0.05) is 11.3 Å². The van der Waals surface area contributed by atoms with E-state index in [9.17, 15) is 9.18 Å². The van der Waals surface area contributed by atoms with E-state index in [0.29, 0.717) is 11.3 Å². The highest BCUT2D eigenvalue weighted by molar-refractivity contribution is 6.04. The third kappa shape index (κ3) is 1.05. The number of anilines is 1. The highest BCUT2D eigenvalue weighted by Crippen LogP contribution is 2.39. The smallest absolute Gasteiger partial charge is 0.266 e. The van der Waals surface area contributed by atoms with Gasteiger partial charge in [0.1, 0.15) is 0 Å². The van der Waals surface area contributed by atoms with Gasteiger partial charge in [-0.05, 0) is 38.0 Å². The summed E-state index contributed by atoms with van der Waals surface area (Å²) in [5.74, 6) is -0.572. The minimum atomic E-state index is -1.88. The third-order valence-electron chi connectivity index (χ3n) is 2.81. The Morgan fingerprint density at radius 3 is 2.50 bits per heavy atom. The molecule has 14 heavy (non-hydrogen) atoms. The summed E-state index contributed by atoms with van der Waals surface area (Å²) in [6.45, 7) is 5.15. The minimum absolute atomic E-state index is 0.450. The number of hydrogen-bond donors (Lipinski definition) is 1. The molecule has 3 heteroatoms. The van der Waals surface area contributed by atoms with Gasteiger partial charge in [-0.3, -0.25) is 4.79 Å². The molecule has 2 nitrogen and oxygen atoms in total. The van der Waals surface area contributed by atoms with E-state index in [-0.39, 0.29) is 0 Å². The molecule has 0 saturated carbocycles. The zero-order valence-electron chi connectivity index (χ0n) is 8.44. The molecule has 1 atom stereocenters. The van der Waals surface area contributed by atoms with Crippen molar-refractivity contribution in [3.8, 4) is 0 Å². The fraction of sp³-hybridized carbons (Fsp3) is 0.364. The summed E-state index contributed by atoms with van der Waals surface area (Å²) < 4.78 is 13.9. The first-order chi connectivity index (χ1) is 6.43. The number of benzene rings is 1. The molecule has 74 valence electrons. The molecule has 1 aromatic rings. The van der Waals surface area contributed by atoms with Crippen molar-refractivity contribution in [2.75, 3.05) is 5.32 Å². The second-order valence-corrected chi connectivity index (χ2v) is 3.94. The monoisotopic (exact) mass is 193 g/mol. The zero-order chi connectivity index (χ0) is 10.5. The summed E-state index contributed by atoms with van der Waals surface area (Å²) in [5.41, 5.74) is 1.23. The lowest BCUT2D eigenvalue weighted by Gasteiger charge is -2.11. The second kappa shape index (κ2) is 2.56. The Hall–Kier alpha value is -1.38. The van der Waals surface area contributed by atoms with E-state index >= 15 is 0 Å². The zero-order valence-corrected chi connectivity index (χ0v) is 8.44. The highest BCUT2D eigenvalue weighted by Gasteiger charge is 2.43. The van der Waals surface area contributed by atoms with Gasteiger partial charge in [-0.15, -0.1) is 0 Å². The standard InChI is InChI=1S/C11H12FNO/c1-6-4-8-9(5-7(6)2)13-10(14)11(8,3)12/h4-5H,1-3H3,(H,13,14)/t11-/m1/s1. The summed E-state index contributed by atoms with van der Waals surface area (Å²) in [5, 5.41) is 2.54. The van der Waals surface area contributed by atoms with Crippen molar-refractivity contribution in [3.05, 3.63) is 28.8 Å². The fourth-order valence-electron chi connectivity index (χ4n) is 1.67. The molecular weight excluding hydrogens is 181 g/mol. The fourth-order valence-corrected chi connectivity index (χ4v) is 1.67. The maximum Gasteiger partial charge on any atom is 0.266 e. The maximum atomic E-state index is 13.9. The molecule has 0 aliphatic carbocycles. The van der Waals surface area contributed by atoms with Crippen LogP contribution in [0.25, 0.3) is 0 Å². The molecule has 0 radical (unpaired) electrons. The Morgan fingerprint density at radius 2 is 1.86 bits per heavy atom. The van der Waals surface area contributed by atoms with Crippen molar-refractivity contribution in [3.63, 3.8) is 0 Å². The predicted octanol–water partition coefficient (Wildman–Crippen LogP) is 2.44. The predicted molar refractivity (Wildman–Crippen MR) is 53.0 cm³/mol. The number of carbonyl (C=O) groups excluding carboxylic acids is 1. The molecule has 1 N–H and O–H groups in total. The topological polar surface area (TPSA) is 29.1 Å². The maximum absolute atomic E-state index is 13.9. The normalized spacial score (nSPS) is 24.7. The molecular formula is C11H12FNO. The number of halogens is 1. The molecule has 0 spiro atoms. The van der Waals surface area contributed by atoms with Crippen LogP contribution in [-0.4, -0.2) is 5.91 Å². The molecule has 0 bridgehead atoms. The van der Waals surface area contributed by atoms with Gasteiger partial charge in [-0.1, -0.05) is 6.07 Å². The summed E-state index contributed by atoms with van der Waals surface area (Å²) in [7, 11) is 0. The van der Waals surface area contributed by atoms with E-state index in [1.807, 2.05) is 19.9 Å². The Kier molecular flexibility index (Phi) is 1.68. The number of nitrogens with one attached hydrogen (secondary N) is 1. The lowest BCUT2D eigenvalue weighted by atomic mass is 9.96. The van der Waals surface area contributed by atoms with Gasteiger partial charge in [0.2, 0.25) is 5.67 Å². The Balaban J connectivity index is 2.67. The number of amides is 1. The molecule has 1 aliphatic heterocycles. The van der Waals surface area contributed by atoms with Crippen LogP contribution in [0, 0.1) is 13.8 Å². The number of fused-ring (bicyclic) bond motifs is 1. The van der Waals surface area contributed by atoms with Crippen LogP contribution in [0.1, 0.15) is 23.6 Å². The molecule has 0 saturated heterocycles. The van der Waals surface area contributed by atoms with Crippen molar-refractivity contribution in [2.24, 2.45) is 0 Å². The van der Waals surface area contributed by atoms with E-state index in [1.165, 1.54) is 6.92 Å². The van der Waals surface area contributed by atoms with Crippen LogP contribution in [0.4, 0.5) is 10.1 Å². The van der Waals surface area contributed by atoms with E-state index in [0.717, 1.165) is 11.1 Å². The molecule has 1 aromatic carbocycles. The largest absolute Gasteiger partial charge is 0.323 e. The molecule has 2 rings (SSSR count). The van der Waals surface area contributed by atoms with Crippen molar-refractivity contribution < 1.29 is 9.18 Å². The lowest BCUT2D eigenvalue weighted by molar-refractivity contribution is -0.125. The van der Waals surface area contributed by atoms with Gasteiger partial charge in [-0.25, -0.2) is 4.39 Å². The van der Waals surface area contributed by atoms with E-state index in [4.69, 9.17) is 0 Å². The average molecular weight is 193 g/mol. The molecule has 0 unspecified atom stereocenters. The summed E-state index contributed by atoms with van der Waals surface area (Å²) in [6, 6.07) is 3.55. The summed E-state index contributed by atoms with van der Waals surface area (Å²) in [4.78, 5) is 11.3. The average Bonchev–Trinajstić information content (AvgIpc) is 2.28. The van der Waals surface area contributed by atoms with Crippen molar-refractivity contribution in [1.82, 2.24) is 0 Å². The van der Waals surface area contributed by atoms with Crippen LogP contribution >= 0.6 is 0 Å². The third-order valence-corrected chi connectivity index (χ3v) is 2.81. The molecule has 1 heterocycles. The number of rotatable bonds is 0. The minimum Gasteiger partial charge on any atom is -0.323 e. The van der Waals surface area contributed by atoms with Gasteiger partial charge >= 0.3 is 0 Å². The van der Waals surface area contributed by atoms with Crippen LogP contribution in [-0.2, 0) is 10.5 Å². The molecule has 1 aliphatic rings. The van der Waals surface area contributed by atoms with Crippen LogP contribution in [0.2, 0.25) is 0 Å². The Morgan fingerprint density at radius 1 is 1.29 bits per heavy atom. The van der Waals surface area contributed by atoms with Crippen LogP contribution in [0.3, 0.4) is 0 Å². The van der Waals surface area contributed by atoms with Gasteiger partial charge < -0.3 is 5.32 Å². The molecule has 1 amide bonds. The number of hydrogen-bond acceptors (Lipinski definition) is 1. The van der Waals surface area contributed by atoms with E-state index < -0.39 is 11.6 Å². The first-order valence-electron chi connectivity index (χ1n) is 4.55. The quantitative estimate of drug-likeness (QED) is 0.673. The SMILES string of the molecule is Cc1cc2c(cc1C)[C@@](C)(F)C(=O)N2. The summed E-state index contributed by atoms with van der Waals surface area (Å²) >= 11 is 0. The van der Waals surface area contributed by atoms with Gasteiger partial charge in [0.25, 0.3) is 5.91 Å². The van der Waals surface area contributed by atoms with E-state index in [2.05, 4.69) is 5.32 Å². The number of aryl methyl sites for hydroxylation is 2. The van der Waals surface area contributed by atoms with Gasteiger partial charge in [0.05, 0.1) is 0 Å². The Labute approximate surface area is 82.1 Å². The molecule has 0 aromatic heterocycles. The number of alkyl halides is 1. The lowest BCUT2D eigenvalue weighted by Crippen LogP contribution is -2.25. The highest BCUT2D eigenvalue weighted by atomic mass is 19.1. The molecule has 0 fully saturated rings. The number of carbonyl (C=O) groups is 1. The Bertz CT molecular complexity index is 424. The first-order valence-corrected chi connectivity index (χ1v) is 4.55. The van der Waals surface area contributed by atoms with Crippen molar-refractivity contribution in [2.45, 2.75) is 26.4 Å². The summed E-state index contributed by atoms with van der Waals surface area (Å²) in [6.07, 6.45) is 0. The first kappa shape index (κ1) is 9.19. The van der Waals surface area contributed by atoms with Gasteiger partial charge in [-0.2, -0.15) is 0 Å². The second-order valence-electron chi connectivity index (χ2n) is 3.94. The van der Waals surface area contributed by atoms with Crippen molar-refractivity contribution in [1.29, 1.82) is 0 Å². The van der Waals surface area contributed by atoms with Crippen LogP contribution in [0.5, 0.6) is 0 Å². The van der Waals surface area contributed by atoms with Crippen LogP contribution in [0.15, 0.2) is 12.1 Å². The van der Waals surface area contributed by atoms with Crippen LogP contribution < -0.4 is 5.32 Å². The van der Waals surface area contributed by atoms with Crippen molar-refractivity contribution >= 4 is 11.6 Å². The van der Waals surface area contributed by atoms with E-state index in [1.54, 1.807) is 6.07 Å². The van der Waals surface area contributed by atoms with Gasteiger partial charge in [0.15, 0.2) is 0 Å².